The molecule has 12 heteroatoms. The highest BCUT2D eigenvalue weighted by molar-refractivity contribution is 9.39. The van der Waals surface area contributed by atoms with Crippen molar-refractivity contribution in [3.8, 4) is 0 Å². The normalized spacial score (nSPS) is 13.8. The van der Waals surface area contributed by atoms with Crippen LogP contribution in [0.2, 0.25) is 0 Å². The fourth-order valence-electron chi connectivity index (χ4n) is 0.989. The first-order valence-corrected chi connectivity index (χ1v) is 10.9. The van der Waals surface area contributed by atoms with E-state index in [0.29, 0.717) is 17.0 Å². The number of alkyl halides is 9. The Hall–Kier alpha value is 3.33. The van der Waals surface area contributed by atoms with Crippen molar-refractivity contribution in [1.29, 1.82) is 0 Å². The van der Waals surface area contributed by atoms with Crippen LogP contribution >= 0.6 is 143 Å². The lowest BCUT2D eigenvalue weighted by Gasteiger charge is -2.25. The molecule has 0 fully saturated rings. The quantitative estimate of drug-likeness (QED) is 0.272. The van der Waals surface area contributed by atoms with Gasteiger partial charge in [-0.2, -0.15) is 0 Å². The van der Waals surface area contributed by atoms with E-state index < -0.39 is 6.43 Å². The van der Waals surface area contributed by atoms with E-state index in [-0.39, 0.29) is 0 Å². The van der Waals surface area contributed by atoms with Crippen molar-refractivity contribution in [2.45, 2.75) is 6.43 Å². The summed E-state index contributed by atoms with van der Waals surface area (Å²) in [5, 5.41) is 11.8. The average molecular weight is 833 g/mol. The fourth-order valence-corrected chi connectivity index (χ4v) is 3.78. The van der Waals surface area contributed by atoms with Crippen molar-refractivity contribution in [3.05, 3.63) is 17.0 Å². The van der Waals surface area contributed by atoms with E-state index in [4.69, 9.17) is 0 Å². The van der Waals surface area contributed by atoms with Crippen LogP contribution in [0.5, 0.6) is 0 Å². The summed E-state index contributed by atoms with van der Waals surface area (Å²) in [7, 11) is 0. The summed E-state index contributed by atoms with van der Waals surface area (Å²) in [5.74, 6) is 0. The Labute approximate surface area is 179 Å². The molecule has 0 unspecified atom stereocenters. The van der Waals surface area contributed by atoms with Gasteiger partial charge in [-0.05, 0) is 5.21 Å². The van der Waals surface area contributed by atoms with E-state index in [1.165, 1.54) is 0 Å². The van der Waals surface area contributed by atoms with Gasteiger partial charge < -0.3 is 0 Å². The zero-order valence-electron chi connectivity index (χ0n) is 7.74. The topological polar surface area (TPSA) is 38.7 Å². The molecule has 0 atom stereocenters. The molecule has 1 aromatic rings. The minimum Gasteiger partial charge on any atom is -0.131 e. The zero-order chi connectivity index (χ0) is 14.4. The van der Waals surface area contributed by atoms with E-state index in [1.807, 2.05) is 0 Å². The maximum absolute atomic E-state index is 4.04. The maximum atomic E-state index is 4.04. The molecule has 0 N–H and O–H groups in total. The van der Waals surface area contributed by atoms with Crippen molar-refractivity contribution < 1.29 is 0 Å². The molecule has 0 aliphatic heterocycles. The summed E-state index contributed by atoms with van der Waals surface area (Å²) in [5.41, 5.74) is 1.88. The third-order valence-corrected chi connectivity index (χ3v) is 5.03. The Morgan fingerprint density at radius 1 is 0.556 bits per heavy atom. The number of nitrogens with zero attached hydrogens (tertiary/aromatic N) is 3. The van der Waals surface area contributed by atoms with Crippen LogP contribution in [0.1, 0.15) is 17.0 Å². The molecule has 0 saturated carbocycles. The SMILES string of the molecule is BrC(Br)(Br)c1nnnc(C(Br)(Br)Br)c1C(Br)(Br)Br. The molecule has 0 spiro atoms. The standard InChI is InChI=1S/C6Br9N3/c7-4(8,9)1-2(5(10,11)12)16-18-17-3(1)6(13,14)15. The molecule has 0 aliphatic carbocycles. The van der Waals surface area contributed by atoms with Gasteiger partial charge in [0.25, 0.3) is 0 Å². The van der Waals surface area contributed by atoms with Gasteiger partial charge in [0, 0.05) is 5.56 Å². The minimum atomic E-state index is -0.730. The predicted octanol–water partition coefficient (Wildman–Crippen LogP) is 6.76. The third-order valence-electron chi connectivity index (χ3n) is 1.58. The third kappa shape index (κ3) is 5.20. The van der Waals surface area contributed by atoms with Crippen LogP contribution in [-0.4, -0.2) is 15.4 Å². The monoisotopic (exact) mass is 824 g/mol. The number of halogens is 9. The Morgan fingerprint density at radius 3 is 1.11 bits per heavy atom. The van der Waals surface area contributed by atoms with Crippen molar-refractivity contribution in [2.24, 2.45) is 0 Å². The number of rotatable bonds is 0. The molecule has 3 nitrogen and oxygen atoms in total. The first kappa shape index (κ1) is 19.4. The predicted molar refractivity (Wildman–Crippen MR) is 105 cm³/mol. The molecular formula is C6Br9N3. The van der Waals surface area contributed by atoms with Crippen LogP contribution in [0.4, 0.5) is 0 Å². The van der Waals surface area contributed by atoms with Crippen molar-refractivity contribution in [2.75, 3.05) is 0 Å². The van der Waals surface area contributed by atoms with Gasteiger partial charge in [0.2, 0.25) is 0 Å². The van der Waals surface area contributed by atoms with E-state index in [1.54, 1.807) is 0 Å². The van der Waals surface area contributed by atoms with Crippen molar-refractivity contribution in [3.63, 3.8) is 0 Å². The van der Waals surface area contributed by atoms with Gasteiger partial charge >= 0.3 is 0 Å². The highest BCUT2D eigenvalue weighted by Gasteiger charge is 2.42. The number of aromatic nitrogens is 3. The molecule has 0 aliphatic rings. The zero-order valence-corrected chi connectivity index (χ0v) is 22.0. The van der Waals surface area contributed by atoms with Gasteiger partial charge in [0.1, 0.15) is 11.4 Å². The lowest BCUT2D eigenvalue weighted by Crippen LogP contribution is -2.21. The van der Waals surface area contributed by atoms with Crippen molar-refractivity contribution in [1.82, 2.24) is 15.4 Å². The molecule has 0 amide bonds. The smallest absolute Gasteiger partial charge is 0.131 e. The second-order valence-electron chi connectivity index (χ2n) is 2.85. The summed E-state index contributed by atoms with van der Waals surface area (Å²) >= 11 is 31.0. The maximum Gasteiger partial charge on any atom is 0.178 e. The molecule has 1 heterocycles. The summed E-state index contributed by atoms with van der Waals surface area (Å²) in [4.78, 5) is 0. The van der Waals surface area contributed by atoms with E-state index in [2.05, 4.69) is 159 Å². The fraction of sp³-hybridized carbons (Fsp3) is 0.500. The van der Waals surface area contributed by atoms with Crippen LogP contribution in [0, 0.1) is 0 Å². The summed E-state index contributed by atoms with van der Waals surface area (Å²) in [6.45, 7) is 0. The second kappa shape index (κ2) is 6.84. The van der Waals surface area contributed by atoms with Crippen LogP contribution in [0.3, 0.4) is 0 Å². The van der Waals surface area contributed by atoms with E-state index >= 15 is 0 Å². The molecule has 0 bridgehead atoms. The van der Waals surface area contributed by atoms with Crippen LogP contribution in [0.25, 0.3) is 0 Å². The largest absolute Gasteiger partial charge is 0.178 e. The second-order valence-corrected chi connectivity index (χ2v) is 23.1. The summed E-state index contributed by atoms with van der Waals surface area (Å²) < 4.78 is -2.18. The van der Waals surface area contributed by atoms with Gasteiger partial charge in [0.05, 0.1) is 0 Å². The van der Waals surface area contributed by atoms with Crippen LogP contribution < -0.4 is 0 Å². The Kier molecular flexibility index (Phi) is 7.36. The van der Waals surface area contributed by atoms with Crippen LogP contribution in [-0.2, 0) is 6.43 Å². The molecule has 18 heavy (non-hydrogen) atoms. The Morgan fingerprint density at radius 2 is 0.889 bits per heavy atom. The molecule has 0 saturated heterocycles. The highest BCUT2D eigenvalue weighted by Crippen LogP contribution is 2.57. The molecular weight excluding hydrogens is 833 g/mol. The van der Waals surface area contributed by atoms with Gasteiger partial charge in [-0.25, -0.2) is 0 Å². The highest BCUT2D eigenvalue weighted by atomic mass is 80.0. The van der Waals surface area contributed by atoms with Gasteiger partial charge in [-0.15, -0.1) is 10.2 Å². The van der Waals surface area contributed by atoms with Gasteiger partial charge in [-0.1, -0.05) is 143 Å². The minimum absolute atomic E-state index is 0.584. The molecule has 0 aromatic carbocycles. The lowest BCUT2D eigenvalue weighted by atomic mass is 10.2. The number of hydrogen-bond donors (Lipinski definition) is 0. The Balaban J connectivity index is 3.68. The van der Waals surface area contributed by atoms with E-state index in [9.17, 15) is 0 Å². The van der Waals surface area contributed by atoms with E-state index in [0.717, 1.165) is 0 Å². The summed E-state index contributed by atoms with van der Waals surface area (Å²) in [6, 6.07) is 0. The summed E-state index contributed by atoms with van der Waals surface area (Å²) in [6.07, 6.45) is 0. The van der Waals surface area contributed by atoms with Crippen molar-refractivity contribution >= 4 is 143 Å². The Bertz CT molecular complexity index is 411. The number of hydrogen-bond acceptors (Lipinski definition) is 3. The first-order valence-electron chi connectivity index (χ1n) is 3.80. The molecule has 1 rings (SSSR count). The first-order chi connectivity index (χ1) is 7.85. The molecule has 1 aromatic heterocycles. The molecule has 102 valence electrons. The molecule has 0 radical (unpaired) electrons. The van der Waals surface area contributed by atoms with Gasteiger partial charge in [-0.3, -0.25) is 0 Å². The average Bonchev–Trinajstić information content (AvgIpc) is 2.12. The van der Waals surface area contributed by atoms with Gasteiger partial charge in [0.15, 0.2) is 6.43 Å². The lowest BCUT2D eigenvalue weighted by molar-refractivity contribution is 0.780. The van der Waals surface area contributed by atoms with Crippen LogP contribution in [0.15, 0.2) is 0 Å².